The number of benzene rings is 2. The normalized spacial score (nSPS) is 15.1. The molecule has 0 fully saturated rings. The van der Waals surface area contributed by atoms with Gasteiger partial charge in [-0.25, -0.2) is 14.4 Å². The molecule has 0 bridgehead atoms. The third kappa shape index (κ3) is 5.80. The van der Waals surface area contributed by atoms with Crippen LogP contribution in [0.5, 0.6) is 0 Å². The number of hydrogen-bond acceptors (Lipinski definition) is 6. The van der Waals surface area contributed by atoms with Gasteiger partial charge in [-0.15, -0.1) is 0 Å². The lowest BCUT2D eigenvalue weighted by atomic mass is 10.0. The molecule has 9 heteroatoms. The molecule has 1 aliphatic rings. The number of rotatable bonds is 8. The molecule has 3 rings (SSSR count). The maximum absolute atomic E-state index is 12.9. The van der Waals surface area contributed by atoms with Crippen LogP contribution in [0.15, 0.2) is 59.8 Å². The van der Waals surface area contributed by atoms with Crippen LogP contribution in [0.1, 0.15) is 46.5 Å². The number of urea groups is 1. The molecule has 9 nitrogen and oxygen atoms in total. The van der Waals surface area contributed by atoms with Crippen molar-refractivity contribution < 1.29 is 28.7 Å². The van der Waals surface area contributed by atoms with Gasteiger partial charge in [0.1, 0.15) is 6.61 Å². The third-order valence-electron chi connectivity index (χ3n) is 5.17. The summed E-state index contributed by atoms with van der Waals surface area (Å²) in [7, 11) is 0. The first-order valence-corrected chi connectivity index (χ1v) is 11.0. The summed E-state index contributed by atoms with van der Waals surface area (Å²) >= 11 is 0. The second kappa shape index (κ2) is 11.1. The third-order valence-corrected chi connectivity index (χ3v) is 5.17. The number of nitrogens with one attached hydrogen (secondary N) is 3. The lowest BCUT2D eigenvalue weighted by Crippen LogP contribution is -2.51. The monoisotopic (exact) mass is 465 g/mol. The molecule has 0 saturated heterocycles. The van der Waals surface area contributed by atoms with Crippen molar-refractivity contribution in [2.24, 2.45) is 0 Å². The highest BCUT2D eigenvalue weighted by molar-refractivity contribution is 6.08. The van der Waals surface area contributed by atoms with Crippen LogP contribution < -0.4 is 16.0 Å². The fourth-order valence-electron chi connectivity index (χ4n) is 3.54. The molecule has 1 aliphatic heterocycles. The maximum Gasteiger partial charge on any atom is 0.340 e. The Morgan fingerprint density at radius 3 is 2.47 bits per heavy atom. The Labute approximate surface area is 197 Å². The Hall–Kier alpha value is -4.14. The van der Waals surface area contributed by atoms with E-state index < -0.39 is 24.0 Å². The highest BCUT2D eigenvalue weighted by Crippen LogP contribution is 2.20. The first-order chi connectivity index (χ1) is 16.3. The van der Waals surface area contributed by atoms with Gasteiger partial charge in [0.25, 0.3) is 5.91 Å². The molecule has 1 heterocycles. The van der Waals surface area contributed by atoms with Crippen LogP contribution in [0.25, 0.3) is 0 Å². The van der Waals surface area contributed by atoms with E-state index in [2.05, 4.69) is 16.0 Å². The van der Waals surface area contributed by atoms with Gasteiger partial charge in [0.2, 0.25) is 0 Å². The van der Waals surface area contributed by atoms with E-state index >= 15 is 0 Å². The minimum Gasteiger partial charge on any atom is -0.463 e. The smallest absolute Gasteiger partial charge is 0.340 e. The van der Waals surface area contributed by atoms with Gasteiger partial charge < -0.3 is 25.4 Å². The Bertz CT molecular complexity index is 1140. The van der Waals surface area contributed by atoms with Gasteiger partial charge in [-0.3, -0.25) is 4.79 Å². The van der Waals surface area contributed by atoms with Crippen molar-refractivity contribution >= 4 is 29.6 Å². The first kappa shape index (κ1) is 24.5. The summed E-state index contributed by atoms with van der Waals surface area (Å²) < 4.78 is 10.5. The average Bonchev–Trinajstić information content (AvgIpc) is 2.82. The molecule has 0 spiro atoms. The van der Waals surface area contributed by atoms with Gasteiger partial charge in [-0.05, 0) is 44.5 Å². The van der Waals surface area contributed by atoms with Crippen molar-refractivity contribution in [3.05, 3.63) is 76.5 Å². The number of carbonyl (C=O) groups excluding carboxylic acids is 4. The largest absolute Gasteiger partial charge is 0.463 e. The second-order valence-corrected chi connectivity index (χ2v) is 7.62. The van der Waals surface area contributed by atoms with Gasteiger partial charge in [0.05, 0.1) is 35.2 Å². The zero-order valence-electron chi connectivity index (χ0n) is 19.3. The van der Waals surface area contributed by atoms with E-state index in [1.54, 1.807) is 43.3 Å². The van der Waals surface area contributed by atoms with E-state index in [1.807, 2.05) is 19.9 Å². The predicted molar refractivity (Wildman–Crippen MR) is 125 cm³/mol. The summed E-state index contributed by atoms with van der Waals surface area (Å²) in [6.45, 7) is 5.18. The summed E-state index contributed by atoms with van der Waals surface area (Å²) in [5.74, 6) is -1.69. The predicted octanol–water partition coefficient (Wildman–Crippen LogP) is 3.31. The fourth-order valence-corrected chi connectivity index (χ4v) is 3.54. The summed E-state index contributed by atoms with van der Waals surface area (Å²) in [4.78, 5) is 50.0. The molecular formula is C25H27N3O6. The number of carbonyl (C=O) groups is 4. The summed E-state index contributed by atoms with van der Waals surface area (Å²) in [6.07, 6.45) is 0.451. The van der Waals surface area contributed by atoms with Gasteiger partial charge in [-0.1, -0.05) is 36.8 Å². The number of esters is 2. The molecule has 2 aromatic carbocycles. The highest BCUT2D eigenvalue weighted by Gasteiger charge is 2.32. The Morgan fingerprint density at radius 2 is 1.76 bits per heavy atom. The van der Waals surface area contributed by atoms with Crippen molar-refractivity contribution in [1.29, 1.82) is 0 Å². The zero-order valence-corrected chi connectivity index (χ0v) is 19.3. The molecule has 0 aromatic heterocycles. The van der Waals surface area contributed by atoms with Gasteiger partial charge >= 0.3 is 18.0 Å². The first-order valence-electron chi connectivity index (χ1n) is 11.0. The standard InChI is InChI=1S/C25H27N3O6/c1-4-18-21(24(31)33-5-2)20(28-25(32)27-18)14-34-23(30)17-11-6-7-12-19(17)26-22(29)16-10-8-9-15(3)13-16/h6-13,18H,4-5,14H2,1-3H3,(H,26,29)(H2,27,28,32). The number of para-hydroxylation sites is 1. The van der Waals surface area contributed by atoms with Crippen LogP contribution in [0, 0.1) is 6.92 Å². The van der Waals surface area contributed by atoms with Crippen molar-refractivity contribution in [3.8, 4) is 0 Å². The molecule has 0 saturated carbocycles. The maximum atomic E-state index is 12.9. The lowest BCUT2D eigenvalue weighted by Gasteiger charge is -2.28. The van der Waals surface area contributed by atoms with E-state index in [4.69, 9.17) is 9.47 Å². The molecule has 1 unspecified atom stereocenters. The van der Waals surface area contributed by atoms with Gasteiger partial charge in [0, 0.05) is 5.56 Å². The van der Waals surface area contributed by atoms with Crippen LogP contribution >= 0.6 is 0 Å². The van der Waals surface area contributed by atoms with Gasteiger partial charge in [-0.2, -0.15) is 0 Å². The van der Waals surface area contributed by atoms with E-state index in [1.165, 1.54) is 6.07 Å². The second-order valence-electron chi connectivity index (χ2n) is 7.62. The molecule has 178 valence electrons. The molecule has 1 atom stereocenters. The summed E-state index contributed by atoms with van der Waals surface area (Å²) in [5, 5.41) is 7.92. The Balaban J connectivity index is 1.79. The fraction of sp³-hybridized carbons (Fsp3) is 0.280. The molecule has 0 radical (unpaired) electrons. The van der Waals surface area contributed by atoms with Crippen LogP contribution in [-0.4, -0.2) is 43.1 Å². The van der Waals surface area contributed by atoms with Crippen molar-refractivity contribution in [1.82, 2.24) is 10.6 Å². The molecule has 3 amide bonds. The number of amides is 3. The van der Waals surface area contributed by atoms with E-state index in [-0.39, 0.29) is 41.6 Å². The molecule has 3 N–H and O–H groups in total. The van der Waals surface area contributed by atoms with Crippen molar-refractivity contribution in [2.45, 2.75) is 33.2 Å². The Morgan fingerprint density at radius 1 is 1.00 bits per heavy atom. The SMILES string of the molecule is CCOC(=O)C1=C(COC(=O)c2ccccc2NC(=O)c2cccc(C)c2)NC(=O)NC1CC. The number of anilines is 1. The summed E-state index contributed by atoms with van der Waals surface area (Å²) in [6, 6.07) is 12.4. The average molecular weight is 466 g/mol. The number of ether oxygens (including phenoxy) is 2. The molecule has 0 aliphatic carbocycles. The van der Waals surface area contributed by atoms with Crippen LogP contribution in [0.4, 0.5) is 10.5 Å². The van der Waals surface area contributed by atoms with E-state index in [0.717, 1.165) is 5.56 Å². The topological polar surface area (TPSA) is 123 Å². The summed E-state index contributed by atoms with van der Waals surface area (Å²) in [5.41, 5.74) is 2.16. The van der Waals surface area contributed by atoms with Crippen molar-refractivity contribution in [2.75, 3.05) is 18.5 Å². The van der Waals surface area contributed by atoms with Crippen LogP contribution in [0.2, 0.25) is 0 Å². The zero-order chi connectivity index (χ0) is 24.7. The lowest BCUT2D eigenvalue weighted by molar-refractivity contribution is -0.139. The minimum absolute atomic E-state index is 0.133. The number of aryl methyl sites for hydroxylation is 1. The Kier molecular flexibility index (Phi) is 8.02. The quantitative estimate of drug-likeness (QED) is 0.514. The number of hydrogen-bond donors (Lipinski definition) is 3. The molecular weight excluding hydrogens is 438 g/mol. The highest BCUT2D eigenvalue weighted by atomic mass is 16.5. The van der Waals surface area contributed by atoms with Crippen molar-refractivity contribution in [3.63, 3.8) is 0 Å². The van der Waals surface area contributed by atoms with Crippen LogP contribution in [0.3, 0.4) is 0 Å². The molecule has 2 aromatic rings. The minimum atomic E-state index is -0.725. The van der Waals surface area contributed by atoms with Crippen LogP contribution in [-0.2, 0) is 14.3 Å². The van der Waals surface area contributed by atoms with E-state index in [9.17, 15) is 19.2 Å². The van der Waals surface area contributed by atoms with Gasteiger partial charge in [0.15, 0.2) is 0 Å². The van der Waals surface area contributed by atoms with E-state index in [0.29, 0.717) is 12.0 Å². The molecule has 34 heavy (non-hydrogen) atoms.